The van der Waals surface area contributed by atoms with Crippen LogP contribution in [0.4, 0.5) is 0 Å². The summed E-state index contributed by atoms with van der Waals surface area (Å²) in [7, 11) is -3.88. The van der Waals surface area contributed by atoms with Gasteiger partial charge in [-0.25, -0.2) is 22.9 Å². The number of unbranched alkanes of at least 4 members (excludes halogenated alkanes) is 1. The van der Waals surface area contributed by atoms with Crippen LogP contribution in [0, 0.1) is 11.5 Å². The van der Waals surface area contributed by atoms with E-state index in [1.807, 2.05) is 39.8 Å². The number of ether oxygens (including phenoxy) is 1. The van der Waals surface area contributed by atoms with E-state index < -0.39 is 16.0 Å². The van der Waals surface area contributed by atoms with E-state index in [4.69, 9.17) is 15.0 Å². The predicted molar refractivity (Wildman–Crippen MR) is 135 cm³/mol. The number of benzene rings is 2. The fourth-order valence-electron chi connectivity index (χ4n) is 3.75. The molecular formula is C25H28N4O4S2. The Morgan fingerprint density at radius 2 is 1.89 bits per heavy atom. The van der Waals surface area contributed by atoms with Crippen LogP contribution < -0.4 is 4.72 Å². The third-order valence-corrected chi connectivity index (χ3v) is 7.36. The van der Waals surface area contributed by atoms with Crippen molar-refractivity contribution in [1.82, 2.24) is 14.3 Å². The molecule has 3 rings (SSSR count). The Morgan fingerprint density at radius 3 is 2.51 bits per heavy atom. The first kappa shape index (κ1) is 26.3. The van der Waals surface area contributed by atoms with Gasteiger partial charge in [0, 0.05) is 6.42 Å². The van der Waals surface area contributed by atoms with Crippen LogP contribution in [0.25, 0.3) is 11.1 Å². The van der Waals surface area contributed by atoms with Crippen LogP contribution in [0.1, 0.15) is 48.6 Å². The third kappa shape index (κ3) is 6.05. The van der Waals surface area contributed by atoms with Crippen LogP contribution in [0.3, 0.4) is 0 Å². The smallest absolute Gasteiger partial charge is 0.357 e. The van der Waals surface area contributed by atoms with Crippen LogP contribution in [-0.4, -0.2) is 36.8 Å². The molecule has 1 heterocycles. The van der Waals surface area contributed by atoms with Crippen LogP contribution >= 0.6 is 11.8 Å². The number of thioether (sulfide) groups is 1. The van der Waals surface area contributed by atoms with Crippen molar-refractivity contribution in [3.63, 3.8) is 0 Å². The zero-order valence-corrected chi connectivity index (χ0v) is 21.6. The quantitative estimate of drug-likeness (QED) is 0.173. The average Bonchev–Trinajstić information content (AvgIpc) is 3.20. The maximum atomic E-state index is 12.9. The van der Waals surface area contributed by atoms with Crippen molar-refractivity contribution in [3.8, 4) is 17.3 Å². The molecule has 0 aliphatic rings. The molecule has 10 heteroatoms. The Morgan fingerprint density at radius 1 is 1.17 bits per heavy atom. The molecule has 0 atom stereocenters. The SMILES string of the molecule is CCCCc1nc(SC)c(C(=O)OCC)n1Cc1ccccc1-c1ccc(S(=O)(=O)NC#N)cc1. The number of nitrogens with one attached hydrogen (secondary N) is 1. The summed E-state index contributed by atoms with van der Waals surface area (Å²) in [6, 6.07) is 14.1. The van der Waals surface area contributed by atoms with Gasteiger partial charge in [0.25, 0.3) is 10.0 Å². The largest absolute Gasteiger partial charge is 0.461 e. The summed E-state index contributed by atoms with van der Waals surface area (Å²) in [6.45, 7) is 4.57. The lowest BCUT2D eigenvalue weighted by molar-refractivity contribution is 0.0509. The lowest BCUT2D eigenvalue weighted by atomic mass is 9.99. The molecule has 0 aliphatic carbocycles. The number of carbonyl (C=O) groups excluding carboxylic acids is 1. The number of hydrogen-bond donors (Lipinski definition) is 1. The van der Waals surface area contributed by atoms with Crippen molar-refractivity contribution in [3.05, 3.63) is 65.6 Å². The monoisotopic (exact) mass is 512 g/mol. The summed E-state index contributed by atoms with van der Waals surface area (Å²) in [5, 5.41) is 9.33. The first-order valence-corrected chi connectivity index (χ1v) is 14.0. The number of imidazole rings is 1. The van der Waals surface area contributed by atoms with Crippen LogP contribution in [0.5, 0.6) is 0 Å². The molecule has 1 aromatic heterocycles. The molecule has 0 radical (unpaired) electrons. The minimum Gasteiger partial charge on any atom is -0.461 e. The third-order valence-electron chi connectivity index (χ3n) is 5.43. The molecule has 0 bridgehead atoms. The number of rotatable bonds is 11. The van der Waals surface area contributed by atoms with E-state index in [1.165, 1.54) is 30.1 Å². The van der Waals surface area contributed by atoms with Gasteiger partial charge in [0.05, 0.1) is 18.0 Å². The summed E-state index contributed by atoms with van der Waals surface area (Å²) in [5.74, 6) is 0.433. The molecule has 3 aromatic rings. The van der Waals surface area contributed by atoms with Gasteiger partial charge in [0.15, 0.2) is 11.9 Å². The van der Waals surface area contributed by atoms with Gasteiger partial charge in [-0.05, 0) is 48.4 Å². The van der Waals surface area contributed by atoms with E-state index in [2.05, 4.69) is 6.92 Å². The summed E-state index contributed by atoms with van der Waals surface area (Å²) in [5.41, 5.74) is 3.12. The topological polar surface area (TPSA) is 114 Å². The van der Waals surface area contributed by atoms with Gasteiger partial charge in [0.2, 0.25) is 0 Å². The lowest BCUT2D eigenvalue weighted by Gasteiger charge is -2.15. The molecule has 0 saturated carbocycles. The van der Waals surface area contributed by atoms with Gasteiger partial charge in [-0.1, -0.05) is 49.7 Å². The first-order chi connectivity index (χ1) is 16.9. The molecular weight excluding hydrogens is 484 g/mol. The fourth-order valence-corrected chi connectivity index (χ4v) is 5.07. The Bertz CT molecular complexity index is 1330. The van der Waals surface area contributed by atoms with E-state index in [1.54, 1.807) is 19.1 Å². The van der Waals surface area contributed by atoms with Gasteiger partial charge in [-0.2, -0.15) is 5.26 Å². The van der Waals surface area contributed by atoms with Gasteiger partial charge in [-0.3, -0.25) is 0 Å². The Kier molecular flexibility index (Phi) is 8.95. The van der Waals surface area contributed by atoms with Crippen molar-refractivity contribution in [2.75, 3.05) is 12.9 Å². The van der Waals surface area contributed by atoms with Crippen molar-refractivity contribution in [2.24, 2.45) is 0 Å². The van der Waals surface area contributed by atoms with Crippen LogP contribution in [0.2, 0.25) is 0 Å². The number of carbonyl (C=O) groups is 1. The predicted octanol–water partition coefficient (Wildman–Crippen LogP) is 4.60. The highest BCUT2D eigenvalue weighted by Gasteiger charge is 2.24. The molecule has 35 heavy (non-hydrogen) atoms. The number of esters is 1. The number of aryl methyl sites for hydroxylation is 1. The van der Waals surface area contributed by atoms with E-state index in [0.29, 0.717) is 17.3 Å². The van der Waals surface area contributed by atoms with Gasteiger partial charge >= 0.3 is 5.97 Å². The van der Waals surface area contributed by atoms with Crippen LogP contribution in [0.15, 0.2) is 58.5 Å². The maximum Gasteiger partial charge on any atom is 0.357 e. The van der Waals surface area contributed by atoms with E-state index in [-0.39, 0.29) is 11.5 Å². The highest BCUT2D eigenvalue weighted by atomic mass is 32.2. The Balaban J connectivity index is 2.06. The van der Waals surface area contributed by atoms with Crippen LogP contribution in [-0.2, 0) is 27.7 Å². The zero-order valence-electron chi connectivity index (χ0n) is 19.9. The molecule has 184 valence electrons. The second-order valence-electron chi connectivity index (χ2n) is 7.69. The molecule has 0 fully saturated rings. The molecule has 8 nitrogen and oxygen atoms in total. The first-order valence-electron chi connectivity index (χ1n) is 11.3. The molecule has 0 amide bonds. The number of nitriles is 1. The molecule has 1 N–H and O–H groups in total. The van der Waals surface area contributed by atoms with E-state index in [0.717, 1.165) is 41.8 Å². The molecule has 0 spiro atoms. The molecule has 2 aromatic carbocycles. The standard InChI is InChI=1S/C25H28N4O4S2/c1-4-6-11-22-28-24(34-3)23(25(30)33-5-2)29(22)16-19-9-7-8-10-21(19)18-12-14-20(15-13-18)35(31,32)27-17-26/h7-10,12-15,27H,4-6,11,16H2,1-3H3. The summed E-state index contributed by atoms with van der Waals surface area (Å²) >= 11 is 1.42. The highest BCUT2D eigenvalue weighted by molar-refractivity contribution is 7.98. The van der Waals surface area contributed by atoms with E-state index in [9.17, 15) is 13.2 Å². The lowest BCUT2D eigenvalue weighted by Crippen LogP contribution is -2.17. The maximum absolute atomic E-state index is 12.9. The number of aromatic nitrogens is 2. The second-order valence-corrected chi connectivity index (χ2v) is 10.2. The fraction of sp³-hybridized carbons (Fsp3) is 0.320. The normalized spacial score (nSPS) is 11.1. The minimum absolute atomic E-state index is 0.00551. The zero-order chi connectivity index (χ0) is 25.4. The summed E-state index contributed by atoms with van der Waals surface area (Å²) in [6.07, 6.45) is 6.03. The summed E-state index contributed by atoms with van der Waals surface area (Å²) in [4.78, 5) is 17.6. The van der Waals surface area contributed by atoms with Gasteiger partial charge in [-0.15, -0.1) is 11.8 Å². The Hall–Kier alpha value is -3.29. The highest BCUT2D eigenvalue weighted by Crippen LogP contribution is 2.29. The Labute approximate surface area is 210 Å². The second kappa shape index (κ2) is 11.9. The average molecular weight is 513 g/mol. The summed E-state index contributed by atoms with van der Waals surface area (Å²) < 4.78 is 33.3. The van der Waals surface area contributed by atoms with Crippen molar-refractivity contribution < 1.29 is 17.9 Å². The van der Waals surface area contributed by atoms with Gasteiger partial charge in [0.1, 0.15) is 10.9 Å². The number of nitrogens with zero attached hydrogens (tertiary/aromatic N) is 3. The minimum atomic E-state index is -3.88. The van der Waals surface area contributed by atoms with Crippen molar-refractivity contribution >= 4 is 27.8 Å². The molecule has 0 aliphatic heterocycles. The molecule has 0 unspecified atom stereocenters. The van der Waals surface area contributed by atoms with Crippen molar-refractivity contribution in [2.45, 2.75) is 49.6 Å². The van der Waals surface area contributed by atoms with Gasteiger partial charge < -0.3 is 9.30 Å². The number of hydrogen-bond acceptors (Lipinski definition) is 7. The van der Waals surface area contributed by atoms with Crippen molar-refractivity contribution in [1.29, 1.82) is 5.26 Å². The molecule has 0 saturated heterocycles. The van der Waals surface area contributed by atoms with E-state index >= 15 is 0 Å². The number of sulfonamides is 1.